The molecule has 166 valence electrons. The number of aromatic nitrogens is 6. The van der Waals surface area contributed by atoms with Gasteiger partial charge in [-0.05, 0) is 78.7 Å². The smallest absolute Gasteiger partial charge is 0.342 e. The minimum Gasteiger partial charge on any atom is -0.342 e. The highest BCUT2D eigenvalue weighted by Crippen LogP contribution is 2.30. The molecule has 1 aliphatic rings. The van der Waals surface area contributed by atoms with Gasteiger partial charge in [-0.2, -0.15) is 17.9 Å². The number of likely N-dealkylation sites (tertiary alicyclic amines) is 1. The zero-order valence-corrected chi connectivity index (χ0v) is 17.5. The fourth-order valence-corrected chi connectivity index (χ4v) is 4.26. The highest BCUT2D eigenvalue weighted by molar-refractivity contribution is 5.75. The molecule has 0 bridgehead atoms. The highest BCUT2D eigenvalue weighted by atomic mass is 19.4. The summed E-state index contributed by atoms with van der Waals surface area (Å²) in [5.74, 6) is 1.84. The lowest BCUT2D eigenvalue weighted by Gasteiger charge is -2.31. The Bertz CT molecular complexity index is 1230. The Hall–Kier alpha value is -3.27. The average Bonchev–Trinajstić information content (AvgIpc) is 3.40. The van der Waals surface area contributed by atoms with Crippen LogP contribution in [-0.4, -0.2) is 48.2 Å². The molecule has 0 aliphatic carbocycles. The molecule has 2 aromatic heterocycles. The summed E-state index contributed by atoms with van der Waals surface area (Å²) in [5.41, 5.74) is 3.00. The van der Waals surface area contributed by atoms with Crippen molar-refractivity contribution < 1.29 is 13.2 Å². The second-order valence-electron chi connectivity index (χ2n) is 8.27. The first-order chi connectivity index (χ1) is 15.4. The number of halogens is 3. The van der Waals surface area contributed by atoms with E-state index in [4.69, 9.17) is 4.98 Å². The third kappa shape index (κ3) is 4.10. The van der Waals surface area contributed by atoms with E-state index in [-0.39, 0.29) is 5.92 Å². The summed E-state index contributed by atoms with van der Waals surface area (Å²) in [5, 5.41) is 11.8. The van der Waals surface area contributed by atoms with E-state index in [1.165, 1.54) is 22.4 Å². The number of fused-ring (bicyclic) bond motifs is 1. The normalized spacial score (nSPS) is 17.8. The van der Waals surface area contributed by atoms with Crippen molar-refractivity contribution >= 4 is 11.0 Å². The Morgan fingerprint density at radius 2 is 1.94 bits per heavy atom. The largest absolute Gasteiger partial charge is 0.416 e. The zero-order valence-electron chi connectivity index (χ0n) is 17.5. The number of alkyl halides is 3. The number of piperidine rings is 1. The van der Waals surface area contributed by atoms with E-state index in [9.17, 15) is 13.2 Å². The number of aromatic amines is 1. The van der Waals surface area contributed by atoms with Crippen molar-refractivity contribution in [3.05, 3.63) is 65.2 Å². The van der Waals surface area contributed by atoms with E-state index in [1.54, 1.807) is 0 Å². The van der Waals surface area contributed by atoms with Crippen molar-refractivity contribution in [2.45, 2.75) is 38.4 Å². The van der Waals surface area contributed by atoms with Crippen LogP contribution in [0.25, 0.3) is 16.7 Å². The van der Waals surface area contributed by atoms with E-state index in [0.29, 0.717) is 18.1 Å². The molecule has 10 heteroatoms. The molecule has 1 saturated heterocycles. The summed E-state index contributed by atoms with van der Waals surface area (Å²) in [7, 11) is 0. The van der Waals surface area contributed by atoms with Crippen LogP contribution >= 0.6 is 0 Å². The molecule has 2 aromatic carbocycles. The Labute approximate surface area is 182 Å². The molecule has 0 radical (unpaired) electrons. The van der Waals surface area contributed by atoms with Gasteiger partial charge in [-0.15, -0.1) is 5.10 Å². The van der Waals surface area contributed by atoms with Gasteiger partial charge in [-0.25, -0.2) is 4.98 Å². The molecule has 1 unspecified atom stereocenters. The van der Waals surface area contributed by atoms with Crippen LogP contribution in [0.15, 0.2) is 42.5 Å². The third-order valence-corrected chi connectivity index (χ3v) is 5.89. The standard InChI is InChI=1S/C22H22F3N7/c1-14-4-9-18-19(11-14)27-21(26-18)15-3-2-10-31(12-15)13-20-28-29-30-32(20)17-7-5-16(6-8-17)22(23,24)25/h4-9,11,15H,2-3,10,12-13H2,1H3,(H,26,27). The molecule has 32 heavy (non-hydrogen) atoms. The Morgan fingerprint density at radius 3 is 2.72 bits per heavy atom. The molecule has 1 aliphatic heterocycles. The van der Waals surface area contributed by atoms with Crippen LogP contribution in [0.4, 0.5) is 13.2 Å². The fourth-order valence-electron chi connectivity index (χ4n) is 4.26. The van der Waals surface area contributed by atoms with Gasteiger partial charge in [0.15, 0.2) is 5.82 Å². The van der Waals surface area contributed by atoms with Crippen LogP contribution in [0.1, 0.15) is 41.5 Å². The highest BCUT2D eigenvalue weighted by Gasteiger charge is 2.30. The maximum atomic E-state index is 12.9. The lowest BCUT2D eigenvalue weighted by Crippen LogP contribution is -2.35. The molecule has 0 spiro atoms. The van der Waals surface area contributed by atoms with Gasteiger partial charge in [0, 0.05) is 12.5 Å². The van der Waals surface area contributed by atoms with Gasteiger partial charge in [-0.1, -0.05) is 6.07 Å². The maximum absolute atomic E-state index is 12.9. The summed E-state index contributed by atoms with van der Waals surface area (Å²) >= 11 is 0. The lowest BCUT2D eigenvalue weighted by atomic mass is 9.97. The molecular formula is C22H22F3N7. The number of imidazole rings is 1. The van der Waals surface area contributed by atoms with Crippen LogP contribution < -0.4 is 0 Å². The molecule has 4 aromatic rings. The lowest BCUT2D eigenvalue weighted by molar-refractivity contribution is -0.137. The van der Waals surface area contributed by atoms with Crippen molar-refractivity contribution in [1.82, 2.24) is 35.1 Å². The van der Waals surface area contributed by atoms with Crippen LogP contribution in [0.3, 0.4) is 0 Å². The number of H-pyrrole nitrogens is 1. The molecule has 0 saturated carbocycles. The van der Waals surface area contributed by atoms with Crippen molar-refractivity contribution in [1.29, 1.82) is 0 Å². The number of hydrogen-bond donors (Lipinski definition) is 1. The van der Waals surface area contributed by atoms with Crippen LogP contribution in [0, 0.1) is 6.92 Å². The molecule has 1 fully saturated rings. The number of hydrogen-bond acceptors (Lipinski definition) is 5. The van der Waals surface area contributed by atoms with E-state index in [0.717, 1.165) is 54.9 Å². The molecular weight excluding hydrogens is 419 g/mol. The predicted octanol–water partition coefficient (Wildman–Crippen LogP) is 4.25. The first-order valence-electron chi connectivity index (χ1n) is 10.5. The van der Waals surface area contributed by atoms with Crippen LogP contribution in [-0.2, 0) is 12.7 Å². The maximum Gasteiger partial charge on any atom is 0.416 e. The van der Waals surface area contributed by atoms with Gasteiger partial charge >= 0.3 is 6.18 Å². The SMILES string of the molecule is Cc1ccc2nc(C3CCCN(Cc4nnnn4-c4ccc(C(F)(F)F)cc4)C3)[nH]c2c1. The summed E-state index contributed by atoms with van der Waals surface area (Å²) < 4.78 is 40.1. The van der Waals surface area contributed by atoms with E-state index in [2.05, 4.69) is 44.5 Å². The third-order valence-electron chi connectivity index (χ3n) is 5.89. The van der Waals surface area contributed by atoms with E-state index in [1.807, 2.05) is 6.07 Å². The Morgan fingerprint density at radius 1 is 1.12 bits per heavy atom. The summed E-state index contributed by atoms with van der Waals surface area (Å²) in [6.45, 7) is 4.27. The van der Waals surface area contributed by atoms with E-state index >= 15 is 0 Å². The number of rotatable bonds is 4. The number of benzene rings is 2. The number of aryl methyl sites for hydroxylation is 1. The first-order valence-corrected chi connectivity index (χ1v) is 10.5. The first kappa shape index (κ1) is 20.6. The van der Waals surface area contributed by atoms with Gasteiger partial charge in [0.1, 0.15) is 5.82 Å². The van der Waals surface area contributed by atoms with Crippen LogP contribution in [0.2, 0.25) is 0 Å². The molecule has 0 amide bonds. The topological polar surface area (TPSA) is 75.5 Å². The quantitative estimate of drug-likeness (QED) is 0.513. The van der Waals surface area contributed by atoms with Gasteiger partial charge in [-0.3, -0.25) is 4.90 Å². The number of nitrogens with one attached hydrogen (secondary N) is 1. The predicted molar refractivity (Wildman–Crippen MR) is 112 cm³/mol. The van der Waals surface area contributed by atoms with Gasteiger partial charge in [0.2, 0.25) is 0 Å². The second kappa shape index (κ2) is 8.01. The van der Waals surface area contributed by atoms with E-state index < -0.39 is 11.7 Å². The number of tetrazole rings is 1. The fraction of sp³-hybridized carbons (Fsp3) is 0.364. The van der Waals surface area contributed by atoms with Crippen molar-refractivity contribution in [3.63, 3.8) is 0 Å². The minimum absolute atomic E-state index is 0.270. The molecule has 7 nitrogen and oxygen atoms in total. The minimum atomic E-state index is -4.37. The summed E-state index contributed by atoms with van der Waals surface area (Å²) in [6.07, 6.45) is -2.32. The van der Waals surface area contributed by atoms with Gasteiger partial charge in [0.25, 0.3) is 0 Å². The molecule has 3 heterocycles. The summed E-state index contributed by atoms with van der Waals surface area (Å²) in [4.78, 5) is 10.5. The second-order valence-corrected chi connectivity index (χ2v) is 8.27. The van der Waals surface area contributed by atoms with Crippen molar-refractivity contribution in [2.75, 3.05) is 13.1 Å². The number of nitrogens with zero attached hydrogens (tertiary/aromatic N) is 6. The van der Waals surface area contributed by atoms with Crippen LogP contribution in [0.5, 0.6) is 0 Å². The molecule has 1 N–H and O–H groups in total. The zero-order chi connectivity index (χ0) is 22.3. The Balaban J connectivity index is 1.32. The summed E-state index contributed by atoms with van der Waals surface area (Å²) in [6, 6.07) is 11.0. The van der Waals surface area contributed by atoms with Crippen molar-refractivity contribution in [3.8, 4) is 5.69 Å². The van der Waals surface area contributed by atoms with Gasteiger partial charge in [0.05, 0.1) is 28.8 Å². The molecule has 5 rings (SSSR count). The van der Waals surface area contributed by atoms with Crippen molar-refractivity contribution in [2.24, 2.45) is 0 Å². The Kier molecular flexibility index (Phi) is 5.16. The van der Waals surface area contributed by atoms with Gasteiger partial charge < -0.3 is 4.98 Å². The molecule has 1 atom stereocenters. The average molecular weight is 441 g/mol. The monoisotopic (exact) mass is 441 g/mol.